The number of rotatable bonds is 7. The van der Waals surface area contributed by atoms with E-state index in [4.69, 9.17) is 5.84 Å². The van der Waals surface area contributed by atoms with Crippen molar-refractivity contribution in [3.63, 3.8) is 0 Å². The number of carbonyl (C=O) groups is 1. The van der Waals surface area contributed by atoms with Crippen LogP contribution in [-0.2, 0) is 11.3 Å². The Labute approximate surface area is 161 Å². The van der Waals surface area contributed by atoms with E-state index in [1.807, 2.05) is 37.3 Å². The van der Waals surface area contributed by atoms with Crippen molar-refractivity contribution >= 4 is 17.7 Å². The lowest BCUT2D eigenvalue weighted by Crippen LogP contribution is -2.32. The van der Waals surface area contributed by atoms with Crippen LogP contribution in [-0.4, -0.2) is 26.0 Å². The number of nitrogen functional groups attached to an aromatic ring is 1. The first-order valence-corrected chi connectivity index (χ1v) is 9.41. The zero-order valence-electron chi connectivity index (χ0n) is 14.8. The Kier molecular flexibility index (Phi) is 6.08. The monoisotopic (exact) mass is 385 g/mol. The first kappa shape index (κ1) is 18.9. The van der Waals surface area contributed by atoms with Gasteiger partial charge in [-0.25, -0.2) is 9.07 Å². The number of hydrogen-bond donors (Lipinski definition) is 2. The number of nitrogens with zero attached hydrogens (tertiary/aromatic N) is 3. The molecule has 1 amide bonds. The lowest BCUT2D eigenvalue weighted by molar-refractivity contribution is -0.120. The molecule has 3 rings (SSSR count). The van der Waals surface area contributed by atoms with Crippen LogP contribution in [0.1, 0.15) is 18.9 Å². The second-order valence-electron chi connectivity index (χ2n) is 5.90. The van der Waals surface area contributed by atoms with Gasteiger partial charge in [-0.2, -0.15) is 0 Å². The van der Waals surface area contributed by atoms with Crippen molar-refractivity contribution < 1.29 is 9.18 Å². The highest BCUT2D eigenvalue weighted by molar-refractivity contribution is 8.00. The average Bonchev–Trinajstić information content (AvgIpc) is 3.06. The van der Waals surface area contributed by atoms with Gasteiger partial charge < -0.3 is 11.2 Å². The maximum atomic E-state index is 13.1. The first-order valence-electron chi connectivity index (χ1n) is 8.53. The van der Waals surface area contributed by atoms with Gasteiger partial charge in [0, 0.05) is 12.1 Å². The Morgan fingerprint density at radius 1 is 1.19 bits per heavy atom. The van der Waals surface area contributed by atoms with Crippen molar-refractivity contribution in [1.29, 1.82) is 0 Å². The molecule has 6 nitrogen and oxygen atoms in total. The minimum atomic E-state index is -0.346. The van der Waals surface area contributed by atoms with Gasteiger partial charge in [0.05, 0.1) is 5.25 Å². The third kappa shape index (κ3) is 4.65. The molecule has 0 bridgehead atoms. The Balaban J connectivity index is 1.67. The van der Waals surface area contributed by atoms with Gasteiger partial charge in [0.1, 0.15) is 5.82 Å². The fourth-order valence-corrected chi connectivity index (χ4v) is 3.40. The lowest BCUT2D eigenvalue weighted by Gasteiger charge is -2.14. The van der Waals surface area contributed by atoms with Crippen LogP contribution < -0.4 is 11.2 Å². The number of benzene rings is 2. The summed E-state index contributed by atoms with van der Waals surface area (Å²) < 4.78 is 14.4. The highest BCUT2D eigenvalue weighted by Crippen LogP contribution is 2.26. The second kappa shape index (κ2) is 8.68. The molecule has 3 N–H and O–H groups in total. The van der Waals surface area contributed by atoms with E-state index in [0.717, 1.165) is 5.56 Å². The van der Waals surface area contributed by atoms with Crippen LogP contribution in [0.3, 0.4) is 0 Å². The van der Waals surface area contributed by atoms with Gasteiger partial charge in [-0.3, -0.25) is 4.79 Å². The molecule has 0 fully saturated rings. The van der Waals surface area contributed by atoms with E-state index in [1.165, 1.54) is 28.6 Å². The Bertz CT molecular complexity index is 898. The summed E-state index contributed by atoms with van der Waals surface area (Å²) in [6, 6.07) is 15.6. The third-order valence-electron chi connectivity index (χ3n) is 3.99. The summed E-state index contributed by atoms with van der Waals surface area (Å²) in [6.45, 7) is 2.39. The summed E-state index contributed by atoms with van der Waals surface area (Å²) in [5, 5.41) is 11.2. The minimum Gasteiger partial charge on any atom is -0.351 e. The van der Waals surface area contributed by atoms with Gasteiger partial charge in [0.2, 0.25) is 11.1 Å². The van der Waals surface area contributed by atoms with Crippen molar-refractivity contribution in [2.75, 3.05) is 5.84 Å². The summed E-state index contributed by atoms with van der Waals surface area (Å²) in [5.74, 6) is 6.08. The summed E-state index contributed by atoms with van der Waals surface area (Å²) >= 11 is 1.26. The van der Waals surface area contributed by atoms with Crippen LogP contribution in [0, 0.1) is 5.82 Å². The number of hydrogen-bond acceptors (Lipinski definition) is 5. The van der Waals surface area contributed by atoms with Gasteiger partial charge in [-0.15, -0.1) is 10.2 Å². The standard InChI is InChI=1S/C19H20FN5OS/c1-2-16(18(26)22-12-13-6-4-3-5-7-13)27-19-24-23-17(25(19)21)14-8-10-15(20)11-9-14/h3-11,16H,2,12,21H2,1H3,(H,22,26). The highest BCUT2D eigenvalue weighted by atomic mass is 32.2. The number of thioether (sulfide) groups is 1. The molecule has 0 saturated carbocycles. The van der Waals surface area contributed by atoms with E-state index in [2.05, 4.69) is 15.5 Å². The third-order valence-corrected chi connectivity index (χ3v) is 5.31. The molecular weight excluding hydrogens is 365 g/mol. The predicted molar refractivity (Wildman–Crippen MR) is 104 cm³/mol. The van der Waals surface area contributed by atoms with Crippen LogP contribution in [0.5, 0.6) is 0 Å². The molecule has 1 heterocycles. The molecule has 1 unspecified atom stereocenters. The SMILES string of the molecule is CCC(Sc1nnc(-c2ccc(F)cc2)n1N)C(=O)NCc1ccccc1. The molecule has 1 atom stereocenters. The topological polar surface area (TPSA) is 85.8 Å². The van der Waals surface area contributed by atoms with E-state index in [-0.39, 0.29) is 17.0 Å². The van der Waals surface area contributed by atoms with Crippen molar-refractivity contribution in [1.82, 2.24) is 20.2 Å². The molecule has 2 aromatic carbocycles. The zero-order chi connectivity index (χ0) is 19.2. The highest BCUT2D eigenvalue weighted by Gasteiger charge is 2.22. The van der Waals surface area contributed by atoms with Gasteiger partial charge in [-0.1, -0.05) is 49.0 Å². The molecule has 1 aromatic heterocycles. The van der Waals surface area contributed by atoms with Crippen LogP contribution in [0.2, 0.25) is 0 Å². The van der Waals surface area contributed by atoms with Crippen molar-refractivity contribution in [2.45, 2.75) is 30.3 Å². The molecule has 140 valence electrons. The molecule has 8 heteroatoms. The molecule has 0 aliphatic carbocycles. The Morgan fingerprint density at radius 3 is 2.56 bits per heavy atom. The van der Waals surface area contributed by atoms with Crippen LogP contribution in [0.4, 0.5) is 4.39 Å². The molecule has 0 aliphatic heterocycles. The van der Waals surface area contributed by atoms with E-state index in [0.29, 0.717) is 29.5 Å². The number of nitrogens with one attached hydrogen (secondary N) is 1. The molecule has 0 aliphatic rings. The lowest BCUT2D eigenvalue weighted by atomic mass is 10.2. The smallest absolute Gasteiger partial charge is 0.233 e. The zero-order valence-corrected chi connectivity index (χ0v) is 15.6. The molecule has 3 aromatic rings. The second-order valence-corrected chi connectivity index (χ2v) is 7.07. The summed E-state index contributed by atoms with van der Waals surface area (Å²) in [6.07, 6.45) is 0.615. The van der Waals surface area contributed by atoms with Crippen LogP contribution >= 0.6 is 11.8 Å². The fourth-order valence-electron chi connectivity index (χ4n) is 2.50. The number of amides is 1. The summed E-state index contributed by atoms with van der Waals surface area (Å²) in [4.78, 5) is 12.5. The van der Waals surface area contributed by atoms with Gasteiger partial charge >= 0.3 is 0 Å². The summed E-state index contributed by atoms with van der Waals surface area (Å²) in [7, 11) is 0. The number of carbonyl (C=O) groups excluding carboxylic acids is 1. The van der Waals surface area contributed by atoms with Crippen molar-refractivity contribution in [3.8, 4) is 11.4 Å². The van der Waals surface area contributed by atoms with E-state index < -0.39 is 0 Å². The summed E-state index contributed by atoms with van der Waals surface area (Å²) in [5.41, 5.74) is 1.69. The molecule has 27 heavy (non-hydrogen) atoms. The maximum Gasteiger partial charge on any atom is 0.233 e. The molecule has 0 saturated heterocycles. The van der Waals surface area contributed by atoms with Crippen molar-refractivity contribution in [2.24, 2.45) is 0 Å². The van der Waals surface area contributed by atoms with E-state index in [1.54, 1.807) is 12.1 Å². The number of nitrogens with two attached hydrogens (primary N) is 1. The fraction of sp³-hybridized carbons (Fsp3) is 0.211. The van der Waals surface area contributed by atoms with Crippen molar-refractivity contribution in [3.05, 3.63) is 66.0 Å². The van der Waals surface area contributed by atoms with Crippen LogP contribution in [0.25, 0.3) is 11.4 Å². The van der Waals surface area contributed by atoms with Gasteiger partial charge in [-0.05, 0) is 36.2 Å². The quantitative estimate of drug-likeness (QED) is 0.482. The average molecular weight is 385 g/mol. The number of aromatic nitrogens is 3. The Morgan fingerprint density at radius 2 is 1.89 bits per heavy atom. The molecule has 0 spiro atoms. The van der Waals surface area contributed by atoms with Crippen LogP contribution in [0.15, 0.2) is 59.8 Å². The minimum absolute atomic E-state index is 0.0855. The van der Waals surface area contributed by atoms with Gasteiger partial charge in [0.25, 0.3) is 0 Å². The van der Waals surface area contributed by atoms with E-state index in [9.17, 15) is 9.18 Å². The molecule has 0 radical (unpaired) electrons. The maximum absolute atomic E-state index is 13.1. The molecular formula is C19H20FN5OS. The largest absolute Gasteiger partial charge is 0.351 e. The normalized spacial score (nSPS) is 11.9. The van der Waals surface area contributed by atoms with Gasteiger partial charge in [0.15, 0.2) is 5.82 Å². The van der Waals surface area contributed by atoms with E-state index >= 15 is 0 Å². The first-order chi connectivity index (χ1) is 13.1. The number of halogens is 1. The Hall–Kier alpha value is -2.87. The predicted octanol–water partition coefficient (Wildman–Crippen LogP) is 2.99.